The van der Waals surface area contributed by atoms with Crippen molar-refractivity contribution >= 4 is 17.7 Å². The minimum absolute atomic E-state index is 0.118. The Labute approximate surface area is 115 Å². The number of rotatable bonds is 5. The van der Waals surface area contributed by atoms with Gasteiger partial charge in [-0.2, -0.15) is 13.2 Å². The number of hydrogen-bond donors (Lipinski definition) is 1. The highest BCUT2D eigenvalue weighted by Crippen LogP contribution is 2.23. The van der Waals surface area contributed by atoms with Crippen LogP contribution in [0.15, 0.2) is 24.3 Å². The van der Waals surface area contributed by atoms with E-state index in [4.69, 9.17) is 5.11 Å². The summed E-state index contributed by atoms with van der Waals surface area (Å²) >= 11 is 0. The second kappa shape index (κ2) is 6.45. The zero-order valence-electron chi connectivity index (χ0n) is 11.2. The Morgan fingerprint density at radius 1 is 1.40 bits per heavy atom. The van der Waals surface area contributed by atoms with E-state index in [0.29, 0.717) is 5.69 Å². The minimum Gasteiger partial charge on any atom is -0.478 e. The van der Waals surface area contributed by atoms with Gasteiger partial charge in [0.25, 0.3) is 0 Å². The van der Waals surface area contributed by atoms with E-state index in [1.54, 1.807) is 32.2 Å². The van der Waals surface area contributed by atoms with E-state index in [1.807, 2.05) is 0 Å². The van der Waals surface area contributed by atoms with Crippen LogP contribution in [0.3, 0.4) is 0 Å². The van der Waals surface area contributed by atoms with Crippen molar-refractivity contribution in [1.29, 1.82) is 0 Å². The molecule has 1 N–H and O–H groups in total. The molecule has 0 spiro atoms. The quantitative estimate of drug-likeness (QED) is 0.843. The van der Waals surface area contributed by atoms with Gasteiger partial charge in [-0.25, -0.2) is 4.79 Å². The van der Waals surface area contributed by atoms with Crippen LogP contribution in [0.25, 0.3) is 6.08 Å². The van der Waals surface area contributed by atoms with Crippen LogP contribution in [0, 0.1) is 6.92 Å². The van der Waals surface area contributed by atoms with Gasteiger partial charge in [0.2, 0.25) is 0 Å². The zero-order chi connectivity index (χ0) is 15.3. The molecule has 0 saturated carbocycles. The Hall–Kier alpha value is -1.98. The number of aliphatic carboxylic acids is 1. The lowest BCUT2D eigenvalue weighted by Gasteiger charge is -2.21. The molecule has 110 valence electrons. The van der Waals surface area contributed by atoms with E-state index in [2.05, 4.69) is 0 Å². The van der Waals surface area contributed by atoms with Crippen LogP contribution >= 0.6 is 0 Å². The van der Waals surface area contributed by atoms with E-state index >= 15 is 0 Å². The average Bonchev–Trinajstić information content (AvgIpc) is 2.33. The van der Waals surface area contributed by atoms with Gasteiger partial charge in [-0.05, 0) is 36.3 Å². The normalized spacial score (nSPS) is 11.8. The summed E-state index contributed by atoms with van der Waals surface area (Å²) in [6, 6.07) is 5.09. The Kier molecular flexibility index (Phi) is 5.19. The second-order valence-electron chi connectivity index (χ2n) is 4.50. The highest BCUT2D eigenvalue weighted by Gasteiger charge is 2.27. The number of carbonyl (C=O) groups is 1. The van der Waals surface area contributed by atoms with Crippen molar-refractivity contribution in [1.82, 2.24) is 0 Å². The standard InChI is InChI=1S/C14H16F3NO2/c1-10-9-12(18(2)8-7-14(15,16)17)5-3-11(10)4-6-13(19)20/h3-6,9H,7-8H2,1-2H3,(H,19,20). The molecule has 0 radical (unpaired) electrons. The van der Waals surface area contributed by atoms with Crippen LogP contribution in [0.5, 0.6) is 0 Å². The van der Waals surface area contributed by atoms with E-state index in [0.717, 1.165) is 17.2 Å². The summed E-state index contributed by atoms with van der Waals surface area (Å²) in [6.45, 7) is 1.66. The SMILES string of the molecule is Cc1cc(N(C)CCC(F)(F)F)ccc1C=CC(=O)O. The number of carboxylic acid groups (broad SMARTS) is 1. The van der Waals surface area contributed by atoms with Crippen LogP contribution < -0.4 is 4.90 Å². The molecule has 0 atom stereocenters. The topological polar surface area (TPSA) is 40.5 Å². The lowest BCUT2D eigenvalue weighted by atomic mass is 10.1. The van der Waals surface area contributed by atoms with Crippen molar-refractivity contribution in [2.24, 2.45) is 0 Å². The molecular formula is C14H16F3NO2. The molecule has 6 heteroatoms. The molecule has 0 aliphatic carbocycles. The lowest BCUT2D eigenvalue weighted by Crippen LogP contribution is -2.24. The number of aryl methyl sites for hydroxylation is 1. The molecule has 0 saturated heterocycles. The molecule has 0 amide bonds. The molecule has 0 aliphatic heterocycles. The van der Waals surface area contributed by atoms with Gasteiger partial charge in [-0.1, -0.05) is 6.07 Å². The molecular weight excluding hydrogens is 271 g/mol. The number of hydrogen-bond acceptors (Lipinski definition) is 2. The van der Waals surface area contributed by atoms with E-state index in [9.17, 15) is 18.0 Å². The van der Waals surface area contributed by atoms with E-state index in [-0.39, 0.29) is 6.54 Å². The minimum atomic E-state index is -4.17. The van der Waals surface area contributed by atoms with Gasteiger partial charge < -0.3 is 10.0 Å². The lowest BCUT2D eigenvalue weighted by molar-refractivity contribution is -0.132. The van der Waals surface area contributed by atoms with E-state index < -0.39 is 18.6 Å². The van der Waals surface area contributed by atoms with Crippen LogP contribution in [0.2, 0.25) is 0 Å². The molecule has 3 nitrogen and oxygen atoms in total. The number of nitrogens with zero attached hydrogens (tertiary/aromatic N) is 1. The third kappa shape index (κ3) is 5.34. The van der Waals surface area contributed by atoms with Gasteiger partial charge in [-0.15, -0.1) is 0 Å². The first kappa shape index (κ1) is 16.1. The highest BCUT2D eigenvalue weighted by atomic mass is 19.4. The first-order valence-electron chi connectivity index (χ1n) is 5.98. The molecule has 1 aromatic rings. The molecule has 20 heavy (non-hydrogen) atoms. The Balaban J connectivity index is 2.78. The van der Waals surface area contributed by atoms with Crippen molar-refractivity contribution in [3.8, 4) is 0 Å². The van der Waals surface area contributed by atoms with Gasteiger partial charge >= 0.3 is 12.1 Å². The summed E-state index contributed by atoms with van der Waals surface area (Å²) in [4.78, 5) is 12.0. The summed E-state index contributed by atoms with van der Waals surface area (Å²) in [5, 5.41) is 8.55. The zero-order valence-corrected chi connectivity index (χ0v) is 11.2. The third-order valence-corrected chi connectivity index (χ3v) is 2.83. The van der Waals surface area contributed by atoms with Crippen LogP contribution in [0.4, 0.5) is 18.9 Å². The van der Waals surface area contributed by atoms with Crippen molar-refractivity contribution in [3.05, 3.63) is 35.4 Å². The fourth-order valence-electron chi connectivity index (χ4n) is 1.67. The van der Waals surface area contributed by atoms with Gasteiger partial charge in [-0.3, -0.25) is 0 Å². The maximum absolute atomic E-state index is 12.2. The molecule has 0 heterocycles. The number of carboxylic acids is 1. The fourth-order valence-corrected chi connectivity index (χ4v) is 1.67. The molecule has 1 aromatic carbocycles. The van der Waals surface area contributed by atoms with Crippen LogP contribution in [0.1, 0.15) is 17.5 Å². The van der Waals surface area contributed by atoms with Gasteiger partial charge in [0, 0.05) is 25.4 Å². The molecule has 0 unspecified atom stereocenters. The molecule has 0 aromatic heterocycles. The number of anilines is 1. The molecule has 0 aliphatic rings. The second-order valence-corrected chi connectivity index (χ2v) is 4.50. The molecule has 0 fully saturated rings. The predicted molar refractivity (Wildman–Crippen MR) is 71.8 cm³/mol. The molecule has 1 rings (SSSR count). The van der Waals surface area contributed by atoms with Crippen molar-refractivity contribution < 1.29 is 23.1 Å². The maximum atomic E-state index is 12.2. The Morgan fingerprint density at radius 2 is 2.05 bits per heavy atom. The van der Waals surface area contributed by atoms with E-state index in [1.165, 1.54) is 11.0 Å². The third-order valence-electron chi connectivity index (χ3n) is 2.83. The predicted octanol–water partition coefficient (Wildman–Crippen LogP) is 3.48. The van der Waals surface area contributed by atoms with Crippen molar-refractivity contribution in [2.45, 2.75) is 19.5 Å². The number of benzene rings is 1. The average molecular weight is 287 g/mol. The van der Waals surface area contributed by atoms with Crippen molar-refractivity contribution in [3.63, 3.8) is 0 Å². The summed E-state index contributed by atoms with van der Waals surface area (Å²) in [7, 11) is 1.59. The van der Waals surface area contributed by atoms with Gasteiger partial charge in [0.1, 0.15) is 0 Å². The van der Waals surface area contributed by atoms with Crippen molar-refractivity contribution in [2.75, 3.05) is 18.5 Å². The van der Waals surface area contributed by atoms with Gasteiger partial charge in [0.15, 0.2) is 0 Å². The van der Waals surface area contributed by atoms with Crippen LogP contribution in [-0.4, -0.2) is 30.8 Å². The Morgan fingerprint density at radius 3 is 2.55 bits per heavy atom. The summed E-state index contributed by atoms with van der Waals surface area (Å²) in [5.74, 6) is -1.05. The number of halogens is 3. The first-order chi connectivity index (χ1) is 9.19. The monoisotopic (exact) mass is 287 g/mol. The smallest absolute Gasteiger partial charge is 0.390 e. The van der Waals surface area contributed by atoms with Crippen LogP contribution in [-0.2, 0) is 4.79 Å². The summed E-state index contributed by atoms with van der Waals surface area (Å²) in [6.07, 6.45) is -2.57. The number of alkyl halides is 3. The van der Waals surface area contributed by atoms with Gasteiger partial charge in [0.05, 0.1) is 6.42 Å². The summed E-state index contributed by atoms with van der Waals surface area (Å²) < 4.78 is 36.5. The molecule has 0 bridgehead atoms. The largest absolute Gasteiger partial charge is 0.478 e. The fraction of sp³-hybridized carbons (Fsp3) is 0.357. The summed E-state index contributed by atoms with van der Waals surface area (Å²) in [5.41, 5.74) is 2.19. The first-order valence-corrected chi connectivity index (χ1v) is 5.98. The maximum Gasteiger partial charge on any atom is 0.390 e. The Bertz CT molecular complexity index is 510. The highest BCUT2D eigenvalue weighted by molar-refractivity contribution is 5.85.